The summed E-state index contributed by atoms with van der Waals surface area (Å²) in [7, 11) is 0. The van der Waals surface area contributed by atoms with Crippen LogP contribution in [0.3, 0.4) is 0 Å². The van der Waals surface area contributed by atoms with Crippen LogP contribution in [0.2, 0.25) is 0 Å². The van der Waals surface area contributed by atoms with Gasteiger partial charge in [0.15, 0.2) is 0 Å². The molecule has 2 amide bonds. The first-order valence-corrected chi connectivity index (χ1v) is 7.53. The van der Waals surface area contributed by atoms with E-state index in [4.69, 9.17) is 16.6 Å². The highest BCUT2D eigenvalue weighted by Gasteiger charge is 2.38. The summed E-state index contributed by atoms with van der Waals surface area (Å²) in [5.41, 5.74) is 9.87. The molecule has 0 aromatic carbocycles. The van der Waals surface area contributed by atoms with Crippen LogP contribution in [0.15, 0.2) is 0 Å². The fraction of sp³-hybridized carbons (Fsp3) is 0.857. The quantitative estimate of drug-likeness (QED) is 0.426. The fourth-order valence-corrected chi connectivity index (χ4v) is 2.16. The van der Waals surface area contributed by atoms with Crippen molar-refractivity contribution >= 4 is 24.6 Å². The molecule has 0 aliphatic heterocycles. The summed E-state index contributed by atoms with van der Waals surface area (Å²) in [4.78, 5) is 22.0. The molecule has 0 aromatic rings. The average Bonchev–Trinajstić information content (AvgIpc) is 2.28. The molecule has 2 atom stereocenters. The van der Waals surface area contributed by atoms with E-state index in [0.29, 0.717) is 12.5 Å². The molecule has 6 nitrogen and oxygen atoms in total. The van der Waals surface area contributed by atoms with E-state index in [1.54, 1.807) is 0 Å². The largest absolute Gasteiger partial charge is 0.396 e. The van der Waals surface area contributed by atoms with Crippen LogP contribution in [0.5, 0.6) is 0 Å². The highest BCUT2D eigenvalue weighted by molar-refractivity contribution is 7.78. The molecule has 126 valence electrons. The van der Waals surface area contributed by atoms with Gasteiger partial charge >= 0.3 is 0 Å². The maximum atomic E-state index is 11.2. The summed E-state index contributed by atoms with van der Waals surface area (Å²) < 4.78 is 2.56. The molecule has 0 aliphatic carbocycles. The number of carbonyl (C=O) groups is 2. The summed E-state index contributed by atoms with van der Waals surface area (Å²) in [5, 5.41) is 8.24. The Kier molecular flexibility index (Phi) is 11.6. The van der Waals surface area contributed by atoms with E-state index in [-0.39, 0.29) is 12.3 Å². The van der Waals surface area contributed by atoms with Gasteiger partial charge < -0.3 is 16.6 Å². The van der Waals surface area contributed by atoms with Crippen LogP contribution in [-0.4, -0.2) is 29.6 Å². The van der Waals surface area contributed by atoms with E-state index >= 15 is 0 Å². The Morgan fingerprint density at radius 3 is 1.90 bits per heavy atom. The van der Waals surface area contributed by atoms with Crippen molar-refractivity contribution < 1.29 is 14.7 Å². The Balaban J connectivity index is 0. The van der Waals surface area contributed by atoms with Crippen LogP contribution in [0.25, 0.3) is 0 Å². The molecule has 0 saturated heterocycles. The Morgan fingerprint density at radius 2 is 1.71 bits per heavy atom. The van der Waals surface area contributed by atoms with Crippen LogP contribution in [0.4, 0.5) is 0 Å². The Hall–Kier alpha value is -0.790. The van der Waals surface area contributed by atoms with Crippen LogP contribution in [0.1, 0.15) is 47.5 Å². The SMILES string of the molecule is CC(C)CCO.CC(CC(N)=O)C(C)(C)C(NS)C(N)=O. The minimum Gasteiger partial charge on any atom is -0.396 e. The Labute approximate surface area is 133 Å². The average molecular weight is 321 g/mol. The van der Waals surface area contributed by atoms with Gasteiger partial charge in [-0.15, -0.1) is 0 Å². The highest BCUT2D eigenvalue weighted by atomic mass is 32.1. The smallest absolute Gasteiger partial charge is 0.235 e. The molecule has 0 fully saturated rings. The second kappa shape index (κ2) is 10.9. The standard InChI is InChI=1S/C9H19N3O2S.C5H12O/c1-5(4-6(10)13)9(2,3)7(12-15)8(11)14;1-5(2)3-4-6/h5,7,12,15H,4H2,1-3H3,(H2,10,13)(H2,11,14);5-6H,3-4H2,1-2H3. The molecule has 21 heavy (non-hydrogen) atoms. The topological polar surface area (TPSA) is 118 Å². The number of primary amides is 2. The summed E-state index contributed by atoms with van der Waals surface area (Å²) in [6, 6.07) is -0.602. The fourth-order valence-electron chi connectivity index (χ4n) is 1.70. The minimum atomic E-state index is -0.602. The van der Waals surface area contributed by atoms with E-state index in [1.807, 2.05) is 20.8 Å². The molecule has 0 heterocycles. The number of nitrogens with two attached hydrogens (primary N) is 2. The minimum absolute atomic E-state index is 0.0628. The van der Waals surface area contributed by atoms with Gasteiger partial charge in [-0.05, 0) is 23.7 Å². The van der Waals surface area contributed by atoms with Crippen molar-refractivity contribution in [2.75, 3.05) is 6.61 Å². The van der Waals surface area contributed by atoms with Gasteiger partial charge in [0.1, 0.15) is 6.04 Å². The highest BCUT2D eigenvalue weighted by Crippen LogP contribution is 2.33. The van der Waals surface area contributed by atoms with Crippen molar-refractivity contribution in [1.82, 2.24) is 4.72 Å². The molecule has 0 spiro atoms. The number of hydrogen-bond acceptors (Lipinski definition) is 5. The lowest BCUT2D eigenvalue weighted by Crippen LogP contribution is -2.51. The van der Waals surface area contributed by atoms with Gasteiger partial charge in [0.25, 0.3) is 0 Å². The van der Waals surface area contributed by atoms with Crippen molar-refractivity contribution in [3.05, 3.63) is 0 Å². The predicted octanol–water partition coefficient (Wildman–Crippen LogP) is 0.837. The lowest BCUT2D eigenvalue weighted by atomic mass is 9.72. The van der Waals surface area contributed by atoms with E-state index in [2.05, 4.69) is 31.4 Å². The van der Waals surface area contributed by atoms with Gasteiger partial charge in [-0.2, -0.15) is 0 Å². The molecule has 0 radical (unpaired) electrons. The summed E-state index contributed by atoms with van der Waals surface area (Å²) >= 11 is 3.87. The monoisotopic (exact) mass is 321 g/mol. The number of aliphatic hydroxyl groups is 1. The predicted molar refractivity (Wildman–Crippen MR) is 88.4 cm³/mol. The molecule has 0 saturated carbocycles. The number of thiol groups is 1. The van der Waals surface area contributed by atoms with Gasteiger partial charge in [0, 0.05) is 13.0 Å². The second-order valence-electron chi connectivity index (χ2n) is 6.26. The van der Waals surface area contributed by atoms with Gasteiger partial charge in [-0.25, -0.2) is 0 Å². The maximum Gasteiger partial charge on any atom is 0.235 e. The van der Waals surface area contributed by atoms with Gasteiger partial charge in [0.05, 0.1) is 0 Å². The van der Waals surface area contributed by atoms with Crippen molar-refractivity contribution in [2.24, 2.45) is 28.7 Å². The molecule has 0 rings (SSSR count). The third-order valence-electron chi connectivity index (χ3n) is 3.64. The van der Waals surface area contributed by atoms with E-state index in [0.717, 1.165) is 6.42 Å². The molecular weight excluding hydrogens is 290 g/mol. The van der Waals surface area contributed by atoms with Gasteiger partial charge in [-0.3, -0.25) is 14.3 Å². The first kappa shape index (κ1) is 22.5. The zero-order chi connectivity index (χ0) is 17.2. The lowest BCUT2D eigenvalue weighted by molar-refractivity contribution is -0.125. The first-order valence-electron chi connectivity index (χ1n) is 7.08. The van der Waals surface area contributed by atoms with E-state index in [9.17, 15) is 9.59 Å². The van der Waals surface area contributed by atoms with E-state index in [1.165, 1.54) is 0 Å². The molecule has 0 aliphatic rings. The van der Waals surface area contributed by atoms with Crippen molar-refractivity contribution in [3.63, 3.8) is 0 Å². The van der Waals surface area contributed by atoms with Crippen LogP contribution in [0, 0.1) is 17.3 Å². The Bertz CT molecular complexity index is 323. The van der Waals surface area contributed by atoms with Crippen molar-refractivity contribution in [3.8, 4) is 0 Å². The molecule has 6 N–H and O–H groups in total. The lowest BCUT2D eigenvalue weighted by Gasteiger charge is -2.36. The summed E-state index contributed by atoms with van der Waals surface area (Å²) in [6.45, 7) is 10.1. The number of carbonyl (C=O) groups excluding carboxylic acids is 2. The number of aliphatic hydroxyl groups excluding tert-OH is 1. The zero-order valence-electron chi connectivity index (χ0n) is 13.7. The van der Waals surface area contributed by atoms with Gasteiger partial charge in [0.2, 0.25) is 11.8 Å². The maximum absolute atomic E-state index is 11.2. The molecule has 0 bridgehead atoms. The number of nitrogens with one attached hydrogen (secondary N) is 1. The number of hydrogen-bond donors (Lipinski definition) is 5. The summed E-state index contributed by atoms with van der Waals surface area (Å²) in [5.74, 6) is -0.300. The van der Waals surface area contributed by atoms with Crippen LogP contribution < -0.4 is 16.2 Å². The van der Waals surface area contributed by atoms with Crippen LogP contribution in [-0.2, 0) is 9.59 Å². The molecular formula is C14H31N3O3S. The number of amides is 2. The van der Waals surface area contributed by atoms with Gasteiger partial charge in [-0.1, -0.05) is 47.4 Å². The molecule has 2 unspecified atom stereocenters. The summed E-state index contributed by atoms with van der Waals surface area (Å²) in [6.07, 6.45) is 1.15. The third-order valence-corrected chi connectivity index (χ3v) is 3.90. The third kappa shape index (κ3) is 9.71. The van der Waals surface area contributed by atoms with Crippen molar-refractivity contribution in [1.29, 1.82) is 0 Å². The first-order chi connectivity index (χ1) is 9.50. The zero-order valence-corrected chi connectivity index (χ0v) is 14.6. The van der Waals surface area contributed by atoms with E-state index < -0.39 is 23.3 Å². The van der Waals surface area contributed by atoms with Crippen molar-refractivity contribution in [2.45, 2.75) is 53.5 Å². The second-order valence-corrected chi connectivity index (χ2v) is 6.52. The number of rotatable bonds is 8. The molecule has 7 heteroatoms. The Morgan fingerprint density at radius 1 is 1.24 bits per heavy atom. The normalized spacial score (nSPS) is 14.1. The van der Waals surface area contributed by atoms with Crippen LogP contribution >= 0.6 is 12.8 Å². The molecule has 0 aromatic heterocycles.